The van der Waals surface area contributed by atoms with Gasteiger partial charge in [0.2, 0.25) is 5.89 Å². The molecule has 0 fully saturated rings. The van der Waals surface area contributed by atoms with Crippen molar-refractivity contribution in [3.63, 3.8) is 0 Å². The molecule has 102 valence electrons. The van der Waals surface area contributed by atoms with Crippen LogP contribution in [0.5, 0.6) is 0 Å². The van der Waals surface area contributed by atoms with Gasteiger partial charge in [-0.25, -0.2) is 0 Å². The summed E-state index contributed by atoms with van der Waals surface area (Å²) < 4.78 is 4.83. The summed E-state index contributed by atoms with van der Waals surface area (Å²) in [7, 11) is 0. The van der Waals surface area contributed by atoms with Crippen LogP contribution in [0.25, 0.3) is 0 Å². The summed E-state index contributed by atoms with van der Waals surface area (Å²) in [6.45, 7) is 0.241. The van der Waals surface area contributed by atoms with Crippen LogP contribution >= 0.6 is 0 Å². The Kier molecular flexibility index (Phi) is 4.87. The highest BCUT2D eigenvalue weighted by Crippen LogP contribution is 2.03. The zero-order chi connectivity index (χ0) is 14.2. The SMILES string of the molecule is O=C(NCCc1ncno1)c1ccc(C#CCO)cc1. The Hall–Kier alpha value is -2.65. The molecule has 0 radical (unpaired) electrons. The minimum absolute atomic E-state index is 0.175. The van der Waals surface area contributed by atoms with E-state index in [0.29, 0.717) is 24.4 Å². The molecule has 0 bridgehead atoms. The Morgan fingerprint density at radius 3 is 2.80 bits per heavy atom. The molecule has 2 N–H and O–H groups in total. The van der Waals surface area contributed by atoms with Gasteiger partial charge in [0, 0.05) is 24.1 Å². The molecule has 1 aromatic heterocycles. The van der Waals surface area contributed by atoms with Crippen molar-refractivity contribution < 1.29 is 14.4 Å². The highest BCUT2D eigenvalue weighted by atomic mass is 16.5. The van der Waals surface area contributed by atoms with Gasteiger partial charge in [-0.1, -0.05) is 17.0 Å². The van der Waals surface area contributed by atoms with Crippen molar-refractivity contribution in [1.82, 2.24) is 15.5 Å². The molecule has 0 unspecified atom stereocenters. The molecule has 1 amide bonds. The number of aromatic nitrogens is 2. The standard InChI is InChI=1S/C14H13N3O3/c18-9-1-2-11-3-5-12(6-4-11)14(19)15-8-7-13-16-10-17-20-13/h3-6,10,18H,7-9H2,(H,15,19). The van der Waals surface area contributed by atoms with Crippen LogP contribution in [0.15, 0.2) is 35.1 Å². The maximum Gasteiger partial charge on any atom is 0.251 e. The largest absolute Gasteiger partial charge is 0.384 e. The molecule has 2 aromatic rings. The smallest absolute Gasteiger partial charge is 0.251 e. The first-order valence-corrected chi connectivity index (χ1v) is 6.03. The van der Waals surface area contributed by atoms with Gasteiger partial charge in [-0.2, -0.15) is 4.98 Å². The number of hydrogen-bond acceptors (Lipinski definition) is 5. The normalized spacial score (nSPS) is 9.65. The quantitative estimate of drug-likeness (QED) is 0.785. The molecule has 0 aliphatic rings. The summed E-state index contributed by atoms with van der Waals surface area (Å²) >= 11 is 0. The highest BCUT2D eigenvalue weighted by molar-refractivity contribution is 5.94. The third-order valence-corrected chi connectivity index (χ3v) is 2.49. The maximum absolute atomic E-state index is 11.8. The van der Waals surface area contributed by atoms with E-state index < -0.39 is 0 Å². The number of benzene rings is 1. The van der Waals surface area contributed by atoms with Gasteiger partial charge in [-0.3, -0.25) is 4.79 Å². The summed E-state index contributed by atoms with van der Waals surface area (Å²) in [6.07, 6.45) is 1.81. The molecular formula is C14H13N3O3. The number of hydrogen-bond donors (Lipinski definition) is 2. The topological polar surface area (TPSA) is 88.3 Å². The van der Waals surface area contributed by atoms with Crippen molar-refractivity contribution in [1.29, 1.82) is 0 Å². The van der Waals surface area contributed by atoms with E-state index in [2.05, 4.69) is 27.3 Å². The van der Waals surface area contributed by atoms with E-state index in [1.807, 2.05) is 0 Å². The van der Waals surface area contributed by atoms with Crippen LogP contribution in [0, 0.1) is 11.8 Å². The van der Waals surface area contributed by atoms with Crippen molar-refractivity contribution in [3.05, 3.63) is 47.6 Å². The van der Waals surface area contributed by atoms with Crippen LogP contribution < -0.4 is 5.32 Å². The Morgan fingerprint density at radius 2 is 2.15 bits per heavy atom. The second-order valence-corrected chi connectivity index (χ2v) is 3.88. The van der Waals surface area contributed by atoms with Crippen LogP contribution in [0.2, 0.25) is 0 Å². The van der Waals surface area contributed by atoms with Crippen molar-refractivity contribution in [2.75, 3.05) is 13.2 Å². The Labute approximate surface area is 115 Å². The summed E-state index contributed by atoms with van der Waals surface area (Å²) in [6, 6.07) is 6.83. The zero-order valence-electron chi connectivity index (χ0n) is 10.7. The third-order valence-electron chi connectivity index (χ3n) is 2.49. The average molecular weight is 271 g/mol. The van der Waals surface area contributed by atoms with Gasteiger partial charge in [0.25, 0.3) is 5.91 Å². The van der Waals surface area contributed by atoms with E-state index in [1.165, 1.54) is 6.33 Å². The summed E-state index contributed by atoms with van der Waals surface area (Å²) in [4.78, 5) is 15.7. The molecule has 0 spiro atoms. The molecule has 0 atom stereocenters. The Bertz CT molecular complexity index is 609. The van der Waals surface area contributed by atoms with E-state index in [4.69, 9.17) is 9.63 Å². The van der Waals surface area contributed by atoms with Gasteiger partial charge < -0.3 is 14.9 Å². The lowest BCUT2D eigenvalue weighted by Crippen LogP contribution is -2.25. The average Bonchev–Trinajstić information content (AvgIpc) is 2.99. The van der Waals surface area contributed by atoms with Gasteiger partial charge in [-0.05, 0) is 24.3 Å². The number of aliphatic hydroxyl groups is 1. The first kappa shape index (κ1) is 13.8. The van der Waals surface area contributed by atoms with Crippen LogP contribution in [-0.4, -0.2) is 34.3 Å². The Morgan fingerprint density at radius 1 is 1.35 bits per heavy atom. The molecule has 0 saturated carbocycles. The lowest BCUT2D eigenvalue weighted by molar-refractivity contribution is 0.0953. The van der Waals surface area contributed by atoms with Gasteiger partial charge in [0.05, 0.1) is 0 Å². The predicted octanol–water partition coefficient (Wildman–Crippen LogP) is 0.386. The number of carbonyl (C=O) groups excluding carboxylic acids is 1. The number of amides is 1. The number of carbonyl (C=O) groups is 1. The van der Waals surface area contributed by atoms with Crippen molar-refractivity contribution in [3.8, 4) is 11.8 Å². The van der Waals surface area contributed by atoms with Crippen LogP contribution in [0.4, 0.5) is 0 Å². The Balaban J connectivity index is 1.85. The molecule has 0 aliphatic carbocycles. The highest BCUT2D eigenvalue weighted by Gasteiger charge is 2.05. The van der Waals surface area contributed by atoms with Gasteiger partial charge in [0.1, 0.15) is 6.61 Å². The van der Waals surface area contributed by atoms with Crippen molar-refractivity contribution in [2.24, 2.45) is 0 Å². The molecule has 0 aliphatic heterocycles. The van der Waals surface area contributed by atoms with E-state index in [0.717, 1.165) is 5.56 Å². The second kappa shape index (κ2) is 7.07. The number of nitrogens with one attached hydrogen (secondary N) is 1. The second-order valence-electron chi connectivity index (χ2n) is 3.88. The molecule has 2 rings (SSSR count). The number of rotatable bonds is 4. The predicted molar refractivity (Wildman–Crippen MR) is 70.7 cm³/mol. The van der Waals surface area contributed by atoms with Gasteiger partial charge in [0.15, 0.2) is 6.33 Å². The van der Waals surface area contributed by atoms with Crippen LogP contribution in [0.1, 0.15) is 21.8 Å². The monoisotopic (exact) mass is 271 g/mol. The van der Waals surface area contributed by atoms with Gasteiger partial charge >= 0.3 is 0 Å². The van der Waals surface area contributed by atoms with E-state index in [-0.39, 0.29) is 12.5 Å². The molecule has 1 heterocycles. The maximum atomic E-state index is 11.8. The molecule has 20 heavy (non-hydrogen) atoms. The van der Waals surface area contributed by atoms with Crippen molar-refractivity contribution >= 4 is 5.91 Å². The fourth-order valence-corrected chi connectivity index (χ4v) is 1.54. The first-order valence-electron chi connectivity index (χ1n) is 6.03. The molecular weight excluding hydrogens is 258 g/mol. The fourth-order valence-electron chi connectivity index (χ4n) is 1.54. The van der Waals surface area contributed by atoms with Crippen LogP contribution in [-0.2, 0) is 6.42 Å². The zero-order valence-corrected chi connectivity index (χ0v) is 10.7. The first-order chi connectivity index (χ1) is 9.79. The van der Waals surface area contributed by atoms with Gasteiger partial charge in [-0.15, -0.1) is 0 Å². The summed E-state index contributed by atoms with van der Waals surface area (Å²) in [5.74, 6) is 5.62. The van der Waals surface area contributed by atoms with E-state index >= 15 is 0 Å². The summed E-state index contributed by atoms with van der Waals surface area (Å²) in [5, 5.41) is 14.8. The molecule has 1 aromatic carbocycles. The van der Waals surface area contributed by atoms with E-state index in [1.54, 1.807) is 24.3 Å². The summed E-state index contributed by atoms with van der Waals surface area (Å²) in [5.41, 5.74) is 1.30. The molecule has 6 heteroatoms. The lowest BCUT2D eigenvalue weighted by Gasteiger charge is -2.03. The number of nitrogens with zero attached hydrogens (tertiary/aromatic N) is 2. The molecule has 6 nitrogen and oxygen atoms in total. The minimum atomic E-state index is -0.183. The minimum Gasteiger partial charge on any atom is -0.384 e. The third kappa shape index (κ3) is 3.93. The van der Waals surface area contributed by atoms with Crippen molar-refractivity contribution in [2.45, 2.75) is 6.42 Å². The van der Waals surface area contributed by atoms with E-state index in [9.17, 15) is 4.79 Å². The lowest BCUT2D eigenvalue weighted by atomic mass is 10.1. The fraction of sp³-hybridized carbons (Fsp3) is 0.214. The van der Waals surface area contributed by atoms with Crippen LogP contribution in [0.3, 0.4) is 0 Å². The molecule has 0 saturated heterocycles. The number of aliphatic hydroxyl groups excluding tert-OH is 1.